The maximum Gasteiger partial charge on any atom is 0.202 e. The summed E-state index contributed by atoms with van der Waals surface area (Å²) in [4.78, 5) is 23.5. The van der Waals surface area contributed by atoms with Crippen molar-refractivity contribution in [3.05, 3.63) is 39.0 Å². The van der Waals surface area contributed by atoms with Crippen molar-refractivity contribution in [3.63, 3.8) is 0 Å². The lowest BCUT2D eigenvalue weighted by Gasteiger charge is -2.17. The highest BCUT2D eigenvalue weighted by Gasteiger charge is 2.29. The highest BCUT2D eigenvalue weighted by molar-refractivity contribution is 5.95. The molecule has 3 nitrogen and oxygen atoms in total. The van der Waals surface area contributed by atoms with Crippen molar-refractivity contribution in [2.24, 2.45) is 0 Å². The highest BCUT2D eigenvalue weighted by atomic mass is 16.1. The lowest BCUT2D eigenvalue weighted by atomic mass is 10.00. The Hall–Kier alpha value is -1.64. The monoisotopic (exact) mass is 231 g/mol. The fourth-order valence-corrected chi connectivity index (χ4v) is 2.41. The Kier molecular flexibility index (Phi) is 2.57. The van der Waals surface area contributed by atoms with Gasteiger partial charge in [-0.2, -0.15) is 0 Å². The molecule has 0 saturated heterocycles. The lowest BCUT2D eigenvalue weighted by Crippen LogP contribution is -2.28. The first-order chi connectivity index (χ1) is 7.80. The summed E-state index contributed by atoms with van der Waals surface area (Å²) in [6, 6.07) is 3.40. The molecule has 0 saturated carbocycles. The van der Waals surface area contributed by atoms with Crippen molar-refractivity contribution < 1.29 is 4.79 Å². The van der Waals surface area contributed by atoms with Gasteiger partial charge in [0.2, 0.25) is 5.43 Å². The summed E-state index contributed by atoms with van der Waals surface area (Å²) >= 11 is 0. The first-order valence-corrected chi connectivity index (χ1v) is 5.77. The Balaban J connectivity index is 2.70. The first kappa shape index (κ1) is 11.8. The second-order valence-corrected chi connectivity index (χ2v) is 5.39. The number of rotatable bonds is 1. The van der Waals surface area contributed by atoms with E-state index < -0.39 is 0 Å². The fourth-order valence-electron chi connectivity index (χ4n) is 2.41. The van der Waals surface area contributed by atoms with Gasteiger partial charge in [-0.3, -0.25) is 9.59 Å². The molecule has 1 heterocycles. The minimum absolute atomic E-state index is 0.0625. The van der Waals surface area contributed by atoms with Gasteiger partial charge >= 0.3 is 0 Å². The standard InChI is InChI=1S/C14H17NO2/c1-8-5-10-7-14(3,4)15-13(10)12(17)6-11(8)9(2)16/h5-6,15H,7H2,1-4H3. The maximum absolute atomic E-state index is 12.1. The zero-order valence-corrected chi connectivity index (χ0v) is 10.7. The Morgan fingerprint density at radius 2 is 2.00 bits per heavy atom. The molecule has 1 aliphatic heterocycles. The lowest BCUT2D eigenvalue weighted by molar-refractivity contribution is 0.101. The summed E-state index contributed by atoms with van der Waals surface area (Å²) in [5.41, 5.74) is 2.86. The number of hydrogen-bond acceptors (Lipinski definition) is 3. The Morgan fingerprint density at radius 1 is 1.35 bits per heavy atom. The van der Waals surface area contributed by atoms with Gasteiger partial charge < -0.3 is 5.32 Å². The summed E-state index contributed by atoms with van der Waals surface area (Å²) in [6.07, 6.45) is 0.810. The van der Waals surface area contributed by atoms with Gasteiger partial charge in [-0.1, -0.05) is 6.07 Å². The Morgan fingerprint density at radius 3 is 2.59 bits per heavy atom. The van der Waals surface area contributed by atoms with E-state index in [-0.39, 0.29) is 16.8 Å². The first-order valence-electron chi connectivity index (χ1n) is 5.77. The molecule has 0 unspecified atom stereocenters. The van der Waals surface area contributed by atoms with Gasteiger partial charge in [0.05, 0.1) is 5.69 Å². The van der Waals surface area contributed by atoms with Crippen molar-refractivity contribution in [2.75, 3.05) is 5.32 Å². The summed E-state index contributed by atoms with van der Waals surface area (Å²) in [7, 11) is 0. The zero-order chi connectivity index (χ0) is 12.8. The molecular formula is C14H17NO2. The van der Waals surface area contributed by atoms with E-state index in [2.05, 4.69) is 19.2 Å². The number of fused-ring (bicyclic) bond motifs is 1. The summed E-state index contributed by atoms with van der Waals surface area (Å²) < 4.78 is 0. The number of nitrogens with one attached hydrogen (secondary N) is 1. The molecule has 1 aromatic carbocycles. The van der Waals surface area contributed by atoms with E-state index in [1.807, 2.05) is 13.0 Å². The maximum atomic E-state index is 12.1. The topological polar surface area (TPSA) is 46.2 Å². The molecule has 1 aliphatic rings. The van der Waals surface area contributed by atoms with Crippen molar-refractivity contribution in [3.8, 4) is 0 Å². The molecule has 90 valence electrons. The molecular weight excluding hydrogens is 214 g/mol. The number of carbonyl (C=O) groups is 1. The molecule has 0 amide bonds. The van der Waals surface area contributed by atoms with Crippen LogP contribution < -0.4 is 10.7 Å². The molecule has 17 heavy (non-hydrogen) atoms. The van der Waals surface area contributed by atoms with Crippen LogP contribution in [0, 0.1) is 6.92 Å². The van der Waals surface area contributed by atoms with E-state index in [1.165, 1.54) is 13.0 Å². The average Bonchev–Trinajstić information content (AvgIpc) is 2.43. The van der Waals surface area contributed by atoms with E-state index >= 15 is 0 Å². The SMILES string of the molecule is CC(=O)c1cc(=O)c2c(cc1C)CC(C)(C)N2. The molecule has 0 aromatic heterocycles. The molecule has 0 aliphatic carbocycles. The van der Waals surface area contributed by atoms with Gasteiger partial charge in [0, 0.05) is 11.1 Å². The van der Waals surface area contributed by atoms with Crippen LogP contribution >= 0.6 is 0 Å². The van der Waals surface area contributed by atoms with E-state index in [0.717, 1.165) is 17.5 Å². The van der Waals surface area contributed by atoms with Gasteiger partial charge in [0.15, 0.2) is 5.78 Å². The van der Waals surface area contributed by atoms with E-state index in [9.17, 15) is 9.59 Å². The van der Waals surface area contributed by atoms with Crippen LogP contribution in [0.5, 0.6) is 0 Å². The van der Waals surface area contributed by atoms with Gasteiger partial charge in [0.25, 0.3) is 0 Å². The van der Waals surface area contributed by atoms with E-state index in [0.29, 0.717) is 11.3 Å². The van der Waals surface area contributed by atoms with Crippen LogP contribution in [0.2, 0.25) is 0 Å². The molecule has 2 rings (SSSR count). The largest absolute Gasteiger partial charge is 0.376 e. The van der Waals surface area contributed by atoms with E-state index in [4.69, 9.17) is 0 Å². The molecule has 1 N–H and O–H groups in total. The van der Waals surface area contributed by atoms with Crippen molar-refractivity contribution in [2.45, 2.75) is 39.7 Å². The number of ketones is 1. The quantitative estimate of drug-likeness (QED) is 0.754. The van der Waals surface area contributed by atoms with Crippen LogP contribution in [-0.4, -0.2) is 11.3 Å². The van der Waals surface area contributed by atoms with Crippen LogP contribution in [0.15, 0.2) is 16.9 Å². The van der Waals surface area contributed by atoms with Gasteiger partial charge in [-0.15, -0.1) is 0 Å². The van der Waals surface area contributed by atoms with Crippen molar-refractivity contribution >= 4 is 11.5 Å². The third kappa shape index (κ3) is 2.09. The number of carbonyl (C=O) groups excluding carboxylic acids is 1. The van der Waals surface area contributed by atoms with Crippen LogP contribution in [0.3, 0.4) is 0 Å². The number of hydrogen-bond donors (Lipinski definition) is 1. The Labute approximate surface area is 101 Å². The van der Waals surface area contributed by atoms with Crippen molar-refractivity contribution in [1.29, 1.82) is 0 Å². The second-order valence-electron chi connectivity index (χ2n) is 5.39. The molecule has 0 atom stereocenters. The average molecular weight is 231 g/mol. The van der Waals surface area contributed by atoms with Crippen LogP contribution in [0.1, 0.15) is 42.3 Å². The van der Waals surface area contributed by atoms with E-state index in [1.54, 1.807) is 0 Å². The molecule has 1 aromatic rings. The zero-order valence-electron chi connectivity index (χ0n) is 10.7. The number of Topliss-reactive ketones (excluding diaryl/α,β-unsaturated/α-hetero) is 1. The summed E-state index contributed by atoms with van der Waals surface area (Å²) in [6.45, 7) is 7.49. The van der Waals surface area contributed by atoms with Crippen LogP contribution in [0.25, 0.3) is 0 Å². The van der Waals surface area contributed by atoms with Gasteiger partial charge in [-0.25, -0.2) is 0 Å². The third-order valence-electron chi connectivity index (χ3n) is 3.13. The highest BCUT2D eigenvalue weighted by Crippen LogP contribution is 2.29. The number of anilines is 1. The summed E-state index contributed by atoms with van der Waals surface area (Å²) in [5, 5.41) is 3.23. The Bertz CT molecular complexity index is 559. The molecule has 0 spiro atoms. The van der Waals surface area contributed by atoms with Gasteiger partial charge in [0.1, 0.15) is 0 Å². The normalized spacial score (nSPS) is 16.2. The molecule has 0 fully saturated rings. The molecule has 0 bridgehead atoms. The second kappa shape index (κ2) is 3.69. The van der Waals surface area contributed by atoms with Gasteiger partial charge in [-0.05, 0) is 51.3 Å². The third-order valence-corrected chi connectivity index (χ3v) is 3.13. The minimum atomic E-state index is -0.0936. The molecule has 3 heteroatoms. The predicted molar refractivity (Wildman–Crippen MR) is 68.9 cm³/mol. The predicted octanol–water partition coefficient (Wildman–Crippen LogP) is 2.30. The van der Waals surface area contributed by atoms with Crippen LogP contribution in [-0.2, 0) is 6.42 Å². The minimum Gasteiger partial charge on any atom is -0.376 e. The van der Waals surface area contributed by atoms with Crippen molar-refractivity contribution in [1.82, 2.24) is 0 Å². The fraction of sp³-hybridized carbons (Fsp3) is 0.429. The van der Waals surface area contributed by atoms with Crippen LogP contribution in [0.4, 0.5) is 5.69 Å². The number of aryl methyl sites for hydroxylation is 1. The smallest absolute Gasteiger partial charge is 0.202 e. The summed E-state index contributed by atoms with van der Waals surface area (Å²) in [5.74, 6) is -0.0625. The molecule has 0 radical (unpaired) electrons.